The van der Waals surface area contributed by atoms with Crippen LogP contribution in [0.4, 0.5) is 0 Å². The molecule has 1 fully saturated rings. The van der Waals surface area contributed by atoms with E-state index in [1.807, 2.05) is 12.1 Å². The lowest BCUT2D eigenvalue weighted by atomic mass is 10.0. The van der Waals surface area contributed by atoms with Crippen LogP contribution in [0.3, 0.4) is 0 Å². The zero-order valence-electron chi connectivity index (χ0n) is 13.3. The minimum atomic E-state index is -0.160. The van der Waals surface area contributed by atoms with Gasteiger partial charge < -0.3 is 10.2 Å². The largest absolute Gasteiger partial charge is 0.355 e. The Morgan fingerprint density at radius 3 is 2.65 bits per heavy atom. The summed E-state index contributed by atoms with van der Waals surface area (Å²) in [4.78, 5) is 25.5. The van der Waals surface area contributed by atoms with Crippen molar-refractivity contribution in [1.82, 2.24) is 10.2 Å². The molecule has 1 aliphatic carbocycles. The van der Waals surface area contributed by atoms with Crippen molar-refractivity contribution in [3.05, 3.63) is 48.0 Å². The highest BCUT2D eigenvalue weighted by Gasteiger charge is 2.34. The Bertz CT molecular complexity index is 631. The molecule has 23 heavy (non-hydrogen) atoms. The summed E-state index contributed by atoms with van der Waals surface area (Å²) in [5, 5.41) is 11.8. The number of rotatable bonds is 5. The predicted octanol–water partition coefficient (Wildman–Crippen LogP) is 2.25. The summed E-state index contributed by atoms with van der Waals surface area (Å²) >= 11 is 0. The molecule has 1 aliphatic rings. The van der Waals surface area contributed by atoms with Gasteiger partial charge in [-0.15, -0.1) is 0 Å². The lowest BCUT2D eigenvalue weighted by molar-refractivity contribution is -0.129. The lowest BCUT2D eigenvalue weighted by Gasteiger charge is -2.30. The van der Waals surface area contributed by atoms with Gasteiger partial charge in [-0.05, 0) is 43.0 Å². The van der Waals surface area contributed by atoms with Crippen molar-refractivity contribution in [2.24, 2.45) is 5.92 Å². The summed E-state index contributed by atoms with van der Waals surface area (Å²) in [5.41, 5.74) is 1.50. The number of nitrogens with one attached hydrogen (secondary N) is 1. The van der Waals surface area contributed by atoms with Crippen molar-refractivity contribution >= 4 is 11.8 Å². The molecule has 2 amide bonds. The SMILES string of the molecule is C=CC(=O)N(Cc1ccc(C(=O)NC)cc1)C1CCCC1C#N. The zero-order chi connectivity index (χ0) is 16.8. The highest BCUT2D eigenvalue weighted by molar-refractivity contribution is 5.94. The first-order valence-corrected chi connectivity index (χ1v) is 7.74. The average molecular weight is 311 g/mol. The Balaban J connectivity index is 2.18. The van der Waals surface area contributed by atoms with E-state index in [1.54, 1.807) is 24.1 Å². The second-order valence-corrected chi connectivity index (χ2v) is 5.68. The maximum atomic E-state index is 12.2. The Kier molecular flexibility index (Phi) is 5.53. The van der Waals surface area contributed by atoms with E-state index in [0.29, 0.717) is 12.1 Å². The average Bonchev–Trinajstić information content (AvgIpc) is 3.07. The molecule has 0 spiro atoms. The fourth-order valence-corrected chi connectivity index (χ4v) is 3.04. The number of nitriles is 1. The summed E-state index contributed by atoms with van der Waals surface area (Å²) < 4.78 is 0. The van der Waals surface area contributed by atoms with Crippen molar-refractivity contribution in [1.29, 1.82) is 5.26 Å². The van der Waals surface area contributed by atoms with Crippen LogP contribution in [0.15, 0.2) is 36.9 Å². The molecule has 1 N–H and O–H groups in total. The van der Waals surface area contributed by atoms with E-state index in [1.165, 1.54) is 6.08 Å². The smallest absolute Gasteiger partial charge is 0.251 e. The van der Waals surface area contributed by atoms with E-state index in [4.69, 9.17) is 0 Å². The van der Waals surface area contributed by atoms with E-state index >= 15 is 0 Å². The molecule has 120 valence electrons. The molecule has 2 unspecified atom stereocenters. The number of hydrogen-bond donors (Lipinski definition) is 1. The van der Waals surface area contributed by atoms with Crippen LogP contribution in [-0.2, 0) is 11.3 Å². The van der Waals surface area contributed by atoms with Gasteiger partial charge in [-0.25, -0.2) is 0 Å². The Hall–Kier alpha value is -2.61. The molecule has 1 aromatic carbocycles. The van der Waals surface area contributed by atoms with Crippen LogP contribution < -0.4 is 5.32 Å². The van der Waals surface area contributed by atoms with Crippen LogP contribution in [0.25, 0.3) is 0 Å². The molecular weight excluding hydrogens is 290 g/mol. The van der Waals surface area contributed by atoms with Gasteiger partial charge in [-0.2, -0.15) is 5.26 Å². The molecule has 0 bridgehead atoms. The number of carbonyl (C=O) groups excluding carboxylic acids is 2. The molecule has 0 aliphatic heterocycles. The van der Waals surface area contributed by atoms with Crippen LogP contribution in [0.2, 0.25) is 0 Å². The molecule has 0 aromatic heterocycles. The minimum absolute atomic E-state index is 0.0656. The van der Waals surface area contributed by atoms with E-state index in [-0.39, 0.29) is 23.8 Å². The summed E-state index contributed by atoms with van der Waals surface area (Å²) in [7, 11) is 1.59. The fraction of sp³-hybridized carbons (Fsp3) is 0.389. The zero-order valence-corrected chi connectivity index (χ0v) is 13.3. The molecule has 0 saturated heterocycles. The molecule has 2 rings (SSSR count). The van der Waals surface area contributed by atoms with Gasteiger partial charge in [0.2, 0.25) is 5.91 Å². The standard InChI is InChI=1S/C18H21N3O2/c1-3-17(22)21(16-6-4-5-15(16)11-19)12-13-7-9-14(10-8-13)18(23)20-2/h3,7-10,15-16H,1,4-6,12H2,2H3,(H,20,23). The highest BCUT2D eigenvalue weighted by atomic mass is 16.2. The maximum absolute atomic E-state index is 12.2. The third-order valence-electron chi connectivity index (χ3n) is 4.30. The van der Waals surface area contributed by atoms with Gasteiger partial charge in [0, 0.05) is 25.2 Å². The van der Waals surface area contributed by atoms with Crippen molar-refractivity contribution in [2.45, 2.75) is 31.8 Å². The third kappa shape index (κ3) is 3.78. The van der Waals surface area contributed by atoms with Crippen LogP contribution in [0, 0.1) is 17.2 Å². The van der Waals surface area contributed by atoms with Gasteiger partial charge in [0.25, 0.3) is 5.91 Å². The normalized spacial score (nSPS) is 19.7. The van der Waals surface area contributed by atoms with Gasteiger partial charge in [-0.3, -0.25) is 9.59 Å². The third-order valence-corrected chi connectivity index (χ3v) is 4.30. The number of nitrogens with zero attached hydrogens (tertiary/aromatic N) is 2. The molecule has 2 atom stereocenters. The number of hydrogen-bond acceptors (Lipinski definition) is 3. The minimum Gasteiger partial charge on any atom is -0.355 e. The lowest BCUT2D eigenvalue weighted by Crippen LogP contribution is -2.40. The van der Waals surface area contributed by atoms with Gasteiger partial charge >= 0.3 is 0 Å². The Morgan fingerprint density at radius 1 is 1.39 bits per heavy atom. The second kappa shape index (κ2) is 7.59. The van der Waals surface area contributed by atoms with Crippen molar-refractivity contribution in [3.8, 4) is 6.07 Å². The predicted molar refractivity (Wildman–Crippen MR) is 87.3 cm³/mol. The Labute approximate surface area is 136 Å². The second-order valence-electron chi connectivity index (χ2n) is 5.68. The number of carbonyl (C=O) groups is 2. The number of benzene rings is 1. The van der Waals surface area contributed by atoms with Gasteiger partial charge in [0.1, 0.15) is 0 Å². The Morgan fingerprint density at radius 2 is 2.09 bits per heavy atom. The monoisotopic (exact) mass is 311 g/mol. The van der Waals surface area contributed by atoms with Crippen LogP contribution >= 0.6 is 0 Å². The van der Waals surface area contributed by atoms with Gasteiger partial charge in [0.05, 0.1) is 12.0 Å². The van der Waals surface area contributed by atoms with Gasteiger partial charge in [-0.1, -0.05) is 18.7 Å². The molecule has 0 radical (unpaired) electrons. The molecule has 5 heteroatoms. The molecule has 1 aromatic rings. The first-order chi connectivity index (χ1) is 11.1. The maximum Gasteiger partial charge on any atom is 0.251 e. The molecular formula is C18H21N3O2. The molecule has 0 heterocycles. The van der Waals surface area contributed by atoms with E-state index < -0.39 is 0 Å². The van der Waals surface area contributed by atoms with Gasteiger partial charge in [0.15, 0.2) is 0 Å². The van der Waals surface area contributed by atoms with Crippen LogP contribution in [0.1, 0.15) is 35.2 Å². The van der Waals surface area contributed by atoms with Crippen molar-refractivity contribution in [3.63, 3.8) is 0 Å². The molecule has 5 nitrogen and oxygen atoms in total. The summed E-state index contributed by atoms with van der Waals surface area (Å²) in [6.45, 7) is 3.99. The van der Waals surface area contributed by atoms with Crippen molar-refractivity contribution in [2.75, 3.05) is 7.05 Å². The number of amides is 2. The van der Waals surface area contributed by atoms with Crippen LogP contribution in [0.5, 0.6) is 0 Å². The first-order valence-electron chi connectivity index (χ1n) is 7.74. The van der Waals surface area contributed by atoms with E-state index in [2.05, 4.69) is 18.0 Å². The van der Waals surface area contributed by atoms with Crippen LogP contribution in [-0.4, -0.2) is 29.8 Å². The van der Waals surface area contributed by atoms with Crippen molar-refractivity contribution < 1.29 is 9.59 Å². The summed E-state index contributed by atoms with van der Waals surface area (Å²) in [6.07, 6.45) is 3.93. The summed E-state index contributed by atoms with van der Waals surface area (Å²) in [6, 6.07) is 9.39. The quantitative estimate of drug-likeness (QED) is 0.848. The van der Waals surface area contributed by atoms with E-state index in [0.717, 1.165) is 24.8 Å². The topological polar surface area (TPSA) is 73.2 Å². The highest BCUT2D eigenvalue weighted by Crippen LogP contribution is 2.30. The first kappa shape index (κ1) is 16.8. The molecule has 1 saturated carbocycles. The van der Waals surface area contributed by atoms with E-state index in [9.17, 15) is 14.9 Å². The fourth-order valence-electron chi connectivity index (χ4n) is 3.04. The summed E-state index contributed by atoms with van der Waals surface area (Å²) in [5.74, 6) is -0.424.